The van der Waals surface area contributed by atoms with Crippen molar-refractivity contribution in [1.82, 2.24) is 30.1 Å². The molecule has 0 radical (unpaired) electrons. The van der Waals surface area contributed by atoms with Crippen LogP contribution in [0.4, 0.5) is 17.2 Å². The first-order valence-electron chi connectivity index (χ1n) is 22.8. The second-order valence-electron chi connectivity index (χ2n) is 16.7. The van der Waals surface area contributed by atoms with E-state index in [0.717, 1.165) is 24.0 Å². The molecule has 0 spiro atoms. The summed E-state index contributed by atoms with van der Waals surface area (Å²) < 4.78 is 21.0. The maximum absolute atomic E-state index is 13.5. The molecule has 6 aromatic rings. The van der Waals surface area contributed by atoms with E-state index in [0.29, 0.717) is 93.7 Å². The van der Waals surface area contributed by atoms with Gasteiger partial charge in [-0.3, -0.25) is 19.1 Å². The lowest BCUT2D eigenvalue weighted by molar-refractivity contribution is -0.112. The third-order valence-corrected chi connectivity index (χ3v) is 11.9. The molecule has 72 heavy (non-hydrogen) atoms. The van der Waals surface area contributed by atoms with E-state index in [4.69, 9.17) is 26.1 Å². The number of phenolic OH excluding ortho intramolecular Hbond substituents is 1. The first kappa shape index (κ1) is 48.3. The molecule has 2 aromatic heterocycles. The summed E-state index contributed by atoms with van der Waals surface area (Å²) in [6.45, 7) is 1.88. The van der Waals surface area contributed by atoms with Crippen LogP contribution in [-0.4, -0.2) is 84.2 Å². The summed E-state index contributed by atoms with van der Waals surface area (Å²) in [4.78, 5) is 50.9. The lowest BCUT2D eigenvalue weighted by Gasteiger charge is -2.18. The van der Waals surface area contributed by atoms with E-state index in [9.17, 15) is 29.4 Å². The molecule has 0 atom stereocenters. The van der Waals surface area contributed by atoms with Gasteiger partial charge < -0.3 is 45.4 Å². The minimum atomic E-state index is -1.17. The molecule has 364 valence electrons. The van der Waals surface area contributed by atoms with E-state index >= 15 is 0 Å². The number of hydrogen-bond donors (Lipinski definition) is 6. The summed E-state index contributed by atoms with van der Waals surface area (Å²) >= 11 is 5.48. The number of amides is 2. The molecule has 19 heteroatoms. The Morgan fingerprint density at radius 1 is 0.806 bits per heavy atom. The number of phenols is 1. The number of carbonyl (C=O) groups excluding carboxylic acids is 2. The first-order chi connectivity index (χ1) is 34.9. The Kier molecular flexibility index (Phi) is 14.7. The fourth-order valence-corrected chi connectivity index (χ4v) is 8.37. The second kappa shape index (κ2) is 21.9. The number of nitrogens with zero attached hydrogens (tertiary/aromatic N) is 5. The third kappa shape index (κ3) is 11.5. The minimum absolute atomic E-state index is 0.0120. The van der Waals surface area contributed by atoms with Gasteiger partial charge in [0.2, 0.25) is 0 Å². The third-order valence-electron chi connectivity index (χ3n) is 11.6. The van der Waals surface area contributed by atoms with Gasteiger partial charge >= 0.3 is 5.97 Å². The summed E-state index contributed by atoms with van der Waals surface area (Å²) in [5.41, 5.74) is 6.54. The summed E-state index contributed by atoms with van der Waals surface area (Å²) in [5.74, 6) is -0.873. The normalized spacial score (nSPS) is 12.3. The van der Waals surface area contributed by atoms with E-state index in [1.54, 1.807) is 65.1 Å². The van der Waals surface area contributed by atoms with Crippen molar-refractivity contribution in [3.05, 3.63) is 172 Å². The van der Waals surface area contributed by atoms with Crippen LogP contribution < -0.4 is 26.7 Å². The zero-order valence-corrected chi connectivity index (χ0v) is 39.6. The molecule has 0 saturated carbocycles. The largest absolute Gasteiger partial charge is 0.508 e. The maximum Gasteiger partial charge on any atom is 0.336 e. The topological polar surface area (TPSA) is 237 Å². The number of aromatic carboxylic acids is 1. The van der Waals surface area contributed by atoms with Crippen LogP contribution in [0.15, 0.2) is 154 Å². The summed E-state index contributed by atoms with van der Waals surface area (Å²) in [7, 11) is 1.76. The van der Waals surface area contributed by atoms with Crippen molar-refractivity contribution in [3.8, 4) is 39.5 Å². The number of thiocarbonyl (C=S) groups is 1. The Labute approximate surface area is 416 Å². The minimum Gasteiger partial charge on any atom is -0.508 e. The van der Waals surface area contributed by atoms with Gasteiger partial charge in [0.1, 0.15) is 28.6 Å². The van der Waals surface area contributed by atoms with Crippen molar-refractivity contribution >= 4 is 63.3 Å². The number of benzene rings is 5. The number of nitrogens with one attached hydrogen (secondary N) is 4. The molecule has 0 bridgehead atoms. The predicted octanol–water partition coefficient (Wildman–Crippen LogP) is 8.02. The molecule has 0 unspecified atom stereocenters. The van der Waals surface area contributed by atoms with E-state index in [2.05, 4.69) is 36.7 Å². The number of carboxylic acid groups (broad SMARTS) is 1. The predicted molar refractivity (Wildman–Crippen MR) is 275 cm³/mol. The zero-order chi connectivity index (χ0) is 50.1. The van der Waals surface area contributed by atoms with E-state index in [1.165, 1.54) is 30.3 Å². The number of fused-ring (bicyclic) bond motifs is 2. The number of ether oxygens (including phenoxy) is 2. The van der Waals surface area contributed by atoms with Crippen LogP contribution in [0.25, 0.3) is 44.7 Å². The van der Waals surface area contributed by atoms with Gasteiger partial charge in [0.25, 0.3) is 11.8 Å². The number of anilines is 3. The average molecular weight is 986 g/mol. The number of aryl methyl sites for hydroxylation is 1. The number of rotatable bonds is 18. The number of carboxylic acids is 1. The van der Waals surface area contributed by atoms with Crippen molar-refractivity contribution < 1.29 is 38.5 Å². The molecule has 0 fully saturated rings. The molecular weight excluding hydrogens is 939 g/mol. The van der Waals surface area contributed by atoms with Crippen LogP contribution >= 0.6 is 12.2 Å². The molecular formula is C53H47N9O9S. The number of aromatic hydroxyl groups is 1. The van der Waals surface area contributed by atoms with Gasteiger partial charge in [0, 0.05) is 76.4 Å². The quantitative estimate of drug-likeness (QED) is 0.0271. The van der Waals surface area contributed by atoms with Crippen molar-refractivity contribution in [2.24, 2.45) is 7.05 Å². The standard InChI is InChI=1S/C53H47N9O9S/c1-61-48(57-50(65)33-7-3-2-4-8-33)28-45(59-61)32-11-13-35(14-12-32)55-51(66)40-10-6-5-9-34(40)30-70-31-37-29-62(60-58-37)22-24-69-23-21-54-53(72)56-36-15-18-41(44(25-36)52(67)68)49-42-19-16-38(63)26-46(42)71-47-27-39(64)17-20-43(47)49/h2-4,7-20,25-29,63H,5-6,21-24,30-31H2,1H3,(H,55,66)(H,57,65)(H,67,68)(H2,54,56,72). The van der Waals surface area contributed by atoms with Crippen molar-refractivity contribution in [1.29, 1.82) is 0 Å². The van der Waals surface area contributed by atoms with Gasteiger partial charge in [-0.25, -0.2) is 9.48 Å². The molecule has 2 amide bonds. The fourth-order valence-electron chi connectivity index (χ4n) is 8.15. The summed E-state index contributed by atoms with van der Waals surface area (Å²) in [5, 5.41) is 46.2. The number of allylic oxidation sites excluding steroid dienone is 2. The SMILES string of the molecule is Cn1nc(-c2ccc(NC(=O)C3=CCCC=C3COCc3cn(CCOCCNC(=S)Nc4ccc(-c5c6ccc(=O)cc-6oc6cc(O)ccc56)c(C(=O)O)c4)nn3)cc2)cc1NC(=O)c1ccccc1. The molecule has 1 aliphatic heterocycles. The van der Waals surface area contributed by atoms with Crippen molar-refractivity contribution in [2.45, 2.75) is 26.0 Å². The van der Waals surface area contributed by atoms with Gasteiger partial charge in [-0.05, 0) is 96.9 Å². The average Bonchev–Trinajstić information content (AvgIpc) is 3.99. The van der Waals surface area contributed by atoms with Crippen LogP contribution in [0, 0.1) is 0 Å². The number of hydrogen-bond acceptors (Lipinski definition) is 12. The Morgan fingerprint density at radius 2 is 1.60 bits per heavy atom. The van der Waals surface area contributed by atoms with Crippen molar-refractivity contribution in [3.63, 3.8) is 0 Å². The summed E-state index contributed by atoms with van der Waals surface area (Å²) in [6, 6.07) is 31.8. The Morgan fingerprint density at radius 3 is 2.42 bits per heavy atom. The van der Waals surface area contributed by atoms with Crippen molar-refractivity contribution in [2.75, 3.05) is 42.3 Å². The molecule has 3 aliphatic rings. The Hall–Kier alpha value is -8.78. The molecule has 6 N–H and O–H groups in total. The Bertz CT molecular complexity index is 3420. The van der Waals surface area contributed by atoms with E-state index in [-0.39, 0.29) is 52.6 Å². The smallest absolute Gasteiger partial charge is 0.336 e. The molecule has 4 aromatic carbocycles. The van der Waals surface area contributed by atoms with Gasteiger partial charge in [-0.2, -0.15) is 5.10 Å². The number of aromatic nitrogens is 5. The summed E-state index contributed by atoms with van der Waals surface area (Å²) in [6.07, 6.45) is 7.24. The van der Waals surface area contributed by atoms with Gasteiger partial charge in [0.15, 0.2) is 10.5 Å². The monoisotopic (exact) mass is 985 g/mol. The van der Waals surface area contributed by atoms with Crippen LogP contribution in [0.2, 0.25) is 0 Å². The second-order valence-corrected chi connectivity index (χ2v) is 17.1. The zero-order valence-electron chi connectivity index (χ0n) is 38.8. The molecule has 2 aliphatic carbocycles. The lowest BCUT2D eigenvalue weighted by atomic mass is 9.90. The molecule has 0 saturated heterocycles. The highest BCUT2D eigenvalue weighted by molar-refractivity contribution is 7.80. The maximum atomic E-state index is 13.5. The lowest BCUT2D eigenvalue weighted by Crippen LogP contribution is -2.31. The van der Waals surface area contributed by atoms with Crippen LogP contribution in [0.3, 0.4) is 0 Å². The Balaban J connectivity index is 0.697. The molecule has 18 nitrogen and oxygen atoms in total. The van der Waals surface area contributed by atoms with E-state index < -0.39 is 5.97 Å². The molecule has 3 heterocycles. The van der Waals surface area contributed by atoms with Crippen LogP contribution in [0.1, 0.15) is 39.3 Å². The van der Waals surface area contributed by atoms with Crippen LogP contribution in [0.5, 0.6) is 5.75 Å². The van der Waals surface area contributed by atoms with Gasteiger partial charge in [-0.1, -0.05) is 53.8 Å². The number of carbonyl (C=O) groups is 3. The van der Waals surface area contributed by atoms with Gasteiger partial charge in [-0.15, -0.1) is 5.10 Å². The highest BCUT2D eigenvalue weighted by Crippen LogP contribution is 2.42. The van der Waals surface area contributed by atoms with Gasteiger partial charge in [0.05, 0.1) is 50.4 Å². The molecule has 9 rings (SSSR count). The fraction of sp³-hybridized carbons (Fsp3) is 0.170. The van der Waals surface area contributed by atoms with E-state index in [1.807, 2.05) is 54.6 Å². The highest BCUT2D eigenvalue weighted by Gasteiger charge is 2.23. The highest BCUT2D eigenvalue weighted by atomic mass is 32.1. The first-order valence-corrected chi connectivity index (χ1v) is 23.2. The van der Waals surface area contributed by atoms with Crippen LogP contribution in [-0.2, 0) is 34.5 Å².